The number of H-pyrrole nitrogens is 1. The molecule has 2 rings (SSSR count). The monoisotopic (exact) mass is 161 g/mol. The molecule has 0 fully saturated rings. The van der Waals surface area contributed by atoms with Crippen molar-refractivity contribution in [2.24, 2.45) is 0 Å². The fraction of sp³-hybridized carbons (Fsp3) is 0.111. The van der Waals surface area contributed by atoms with Gasteiger partial charge in [-0.05, 0) is 19.1 Å². The van der Waals surface area contributed by atoms with Gasteiger partial charge in [0.25, 0.3) is 0 Å². The van der Waals surface area contributed by atoms with Crippen LogP contribution < -0.4 is 10.6 Å². The molecular formula is C9H7NO2. The number of aromatic amines is 1. The summed E-state index contributed by atoms with van der Waals surface area (Å²) in [6, 6.07) is 1.84. The summed E-state index contributed by atoms with van der Waals surface area (Å²) >= 11 is 0. The summed E-state index contributed by atoms with van der Waals surface area (Å²) in [6.07, 6.45) is 2.70. The van der Waals surface area contributed by atoms with Crippen LogP contribution >= 0.6 is 0 Å². The standard InChI is InChI=1S/C9H7NO2/c1-5-2-6-3-8(11)9(12)4-7(6)10-5/h2-4,10H,1H3. The number of Topliss-reactive ketones (excluding diaryl/α,β-unsaturated/α-hetero) is 2. The average molecular weight is 161 g/mol. The summed E-state index contributed by atoms with van der Waals surface area (Å²) in [5.41, 5.74) is 0.954. The van der Waals surface area contributed by atoms with Crippen molar-refractivity contribution in [3.63, 3.8) is 0 Å². The van der Waals surface area contributed by atoms with Crippen LogP contribution in [0.25, 0.3) is 12.2 Å². The number of hydrogen-bond acceptors (Lipinski definition) is 2. The minimum absolute atomic E-state index is 0.443. The topological polar surface area (TPSA) is 49.9 Å². The lowest BCUT2D eigenvalue weighted by Crippen LogP contribution is -2.31. The number of hydrogen-bond donors (Lipinski definition) is 1. The van der Waals surface area contributed by atoms with Crippen molar-refractivity contribution in [1.29, 1.82) is 0 Å². The van der Waals surface area contributed by atoms with E-state index in [1.54, 1.807) is 0 Å². The van der Waals surface area contributed by atoms with Crippen molar-refractivity contribution in [1.82, 2.24) is 4.98 Å². The number of rotatable bonds is 0. The Balaban J connectivity index is 2.86. The Bertz CT molecular complexity index is 436. The highest BCUT2D eigenvalue weighted by Crippen LogP contribution is 1.88. The third kappa shape index (κ3) is 0.906. The van der Waals surface area contributed by atoms with E-state index in [1.165, 1.54) is 12.2 Å². The van der Waals surface area contributed by atoms with Gasteiger partial charge in [-0.1, -0.05) is 0 Å². The molecule has 12 heavy (non-hydrogen) atoms. The lowest BCUT2D eigenvalue weighted by molar-refractivity contribution is -0.129. The predicted octanol–water partition coefficient (Wildman–Crippen LogP) is -0.964. The SMILES string of the molecule is Cc1cc2c([nH]1)=CC(=O)C(=O)C=2. The molecule has 0 aromatic carbocycles. The highest BCUT2D eigenvalue weighted by atomic mass is 16.2. The molecule has 0 amide bonds. The van der Waals surface area contributed by atoms with Crippen molar-refractivity contribution in [2.75, 3.05) is 0 Å². The lowest BCUT2D eigenvalue weighted by atomic mass is 10.1. The van der Waals surface area contributed by atoms with E-state index < -0.39 is 11.6 Å². The number of carbonyl (C=O) groups is 2. The van der Waals surface area contributed by atoms with Gasteiger partial charge in [0.05, 0.1) is 0 Å². The zero-order chi connectivity index (χ0) is 8.72. The second-order valence-corrected chi connectivity index (χ2v) is 2.84. The van der Waals surface area contributed by atoms with Crippen LogP contribution in [0.1, 0.15) is 5.69 Å². The quantitative estimate of drug-likeness (QED) is 0.498. The molecule has 1 N–H and O–H groups in total. The normalized spacial score (nSPS) is 15.1. The van der Waals surface area contributed by atoms with Crippen molar-refractivity contribution < 1.29 is 9.59 Å². The Morgan fingerprint density at radius 1 is 1.17 bits per heavy atom. The van der Waals surface area contributed by atoms with Gasteiger partial charge in [0, 0.05) is 22.3 Å². The van der Waals surface area contributed by atoms with E-state index in [4.69, 9.17) is 0 Å². The number of aryl methyl sites for hydroxylation is 1. The van der Waals surface area contributed by atoms with E-state index >= 15 is 0 Å². The van der Waals surface area contributed by atoms with E-state index in [0.29, 0.717) is 0 Å². The van der Waals surface area contributed by atoms with Crippen molar-refractivity contribution in [2.45, 2.75) is 6.92 Å². The molecule has 0 unspecified atom stereocenters. The summed E-state index contributed by atoms with van der Waals surface area (Å²) in [7, 11) is 0. The summed E-state index contributed by atoms with van der Waals surface area (Å²) in [4.78, 5) is 24.8. The van der Waals surface area contributed by atoms with Gasteiger partial charge in [0.1, 0.15) is 0 Å². The fourth-order valence-corrected chi connectivity index (χ4v) is 1.29. The Morgan fingerprint density at radius 3 is 2.58 bits per heavy atom. The Hall–Kier alpha value is -1.64. The minimum Gasteiger partial charge on any atom is -0.359 e. The molecule has 0 saturated carbocycles. The molecule has 0 atom stereocenters. The molecule has 3 heteroatoms. The summed E-state index contributed by atoms with van der Waals surface area (Å²) in [6.45, 7) is 1.88. The van der Waals surface area contributed by atoms with Crippen molar-refractivity contribution in [3.8, 4) is 0 Å². The van der Waals surface area contributed by atoms with Crippen LogP contribution in [0.15, 0.2) is 6.07 Å². The zero-order valence-electron chi connectivity index (χ0n) is 6.55. The van der Waals surface area contributed by atoms with Crippen LogP contribution in [0, 0.1) is 6.92 Å². The van der Waals surface area contributed by atoms with E-state index in [1.807, 2.05) is 13.0 Å². The maximum Gasteiger partial charge on any atom is 0.227 e. The number of ketones is 2. The van der Waals surface area contributed by atoms with Crippen LogP contribution in [0.2, 0.25) is 0 Å². The average Bonchev–Trinajstić information content (AvgIpc) is 2.30. The van der Waals surface area contributed by atoms with Gasteiger partial charge in [0.15, 0.2) is 0 Å². The molecule has 0 bridgehead atoms. The van der Waals surface area contributed by atoms with Crippen LogP contribution in [-0.2, 0) is 9.59 Å². The van der Waals surface area contributed by atoms with Gasteiger partial charge < -0.3 is 4.98 Å². The summed E-state index contributed by atoms with van der Waals surface area (Å²) < 4.78 is 0. The number of fused-ring (bicyclic) bond motifs is 1. The smallest absolute Gasteiger partial charge is 0.227 e. The second kappa shape index (κ2) is 2.17. The second-order valence-electron chi connectivity index (χ2n) is 2.84. The first-order chi connectivity index (χ1) is 5.66. The van der Waals surface area contributed by atoms with Crippen molar-refractivity contribution in [3.05, 3.63) is 22.3 Å². The number of carbonyl (C=O) groups excluding carboxylic acids is 2. The highest BCUT2D eigenvalue weighted by molar-refractivity contribution is 6.57. The Kier molecular flexibility index (Phi) is 1.27. The van der Waals surface area contributed by atoms with E-state index in [-0.39, 0.29) is 0 Å². The first-order valence-corrected chi connectivity index (χ1v) is 3.64. The Morgan fingerprint density at radius 2 is 1.83 bits per heavy atom. The van der Waals surface area contributed by atoms with E-state index in [2.05, 4.69) is 4.98 Å². The molecule has 0 radical (unpaired) electrons. The first kappa shape index (κ1) is 7.03. The molecule has 1 heterocycles. The lowest BCUT2D eigenvalue weighted by Gasteiger charge is -1.90. The first-order valence-electron chi connectivity index (χ1n) is 3.64. The predicted molar refractivity (Wildman–Crippen MR) is 43.7 cm³/mol. The van der Waals surface area contributed by atoms with E-state index in [9.17, 15) is 9.59 Å². The third-order valence-electron chi connectivity index (χ3n) is 1.82. The van der Waals surface area contributed by atoms with Gasteiger partial charge >= 0.3 is 0 Å². The molecule has 3 nitrogen and oxygen atoms in total. The largest absolute Gasteiger partial charge is 0.359 e. The molecule has 1 aliphatic rings. The number of aromatic nitrogens is 1. The molecule has 0 saturated heterocycles. The van der Waals surface area contributed by atoms with Crippen LogP contribution in [0.3, 0.4) is 0 Å². The maximum absolute atomic E-state index is 10.9. The van der Waals surface area contributed by atoms with E-state index in [0.717, 1.165) is 16.3 Å². The van der Waals surface area contributed by atoms with Crippen LogP contribution in [0.4, 0.5) is 0 Å². The van der Waals surface area contributed by atoms with Gasteiger partial charge in [-0.2, -0.15) is 0 Å². The summed E-state index contributed by atoms with van der Waals surface area (Å²) in [5.74, 6) is -0.897. The van der Waals surface area contributed by atoms with Crippen molar-refractivity contribution >= 4 is 23.7 Å². The number of nitrogens with one attached hydrogen (secondary N) is 1. The summed E-state index contributed by atoms with van der Waals surface area (Å²) in [5, 5.41) is 1.54. The van der Waals surface area contributed by atoms with Gasteiger partial charge in [-0.15, -0.1) is 0 Å². The minimum atomic E-state index is -0.454. The van der Waals surface area contributed by atoms with Crippen LogP contribution in [-0.4, -0.2) is 16.6 Å². The molecule has 1 aromatic heterocycles. The fourth-order valence-electron chi connectivity index (χ4n) is 1.29. The molecular weight excluding hydrogens is 154 g/mol. The molecule has 1 aromatic rings. The van der Waals surface area contributed by atoms with Gasteiger partial charge in [0.2, 0.25) is 11.6 Å². The zero-order valence-corrected chi connectivity index (χ0v) is 6.55. The molecule has 1 aliphatic carbocycles. The van der Waals surface area contributed by atoms with Gasteiger partial charge in [-0.3, -0.25) is 9.59 Å². The molecule has 60 valence electrons. The third-order valence-corrected chi connectivity index (χ3v) is 1.82. The molecule has 0 spiro atoms. The van der Waals surface area contributed by atoms with Gasteiger partial charge in [-0.25, -0.2) is 0 Å². The highest BCUT2D eigenvalue weighted by Gasteiger charge is 2.11. The Labute approximate surface area is 68.4 Å². The van der Waals surface area contributed by atoms with Crippen LogP contribution in [0.5, 0.6) is 0 Å². The maximum atomic E-state index is 10.9. The molecule has 0 aliphatic heterocycles.